The highest BCUT2D eigenvalue weighted by Gasteiger charge is 2.12. The second-order valence-corrected chi connectivity index (χ2v) is 5.74. The molecule has 2 rings (SSSR count). The normalized spacial score (nSPS) is 12.6. The Morgan fingerprint density at radius 2 is 2.00 bits per heavy atom. The Labute approximate surface area is 119 Å². The lowest BCUT2D eigenvalue weighted by Crippen LogP contribution is -2.19. The van der Waals surface area contributed by atoms with E-state index in [1.54, 1.807) is 18.0 Å². The highest BCUT2D eigenvalue weighted by Crippen LogP contribution is 2.35. The maximum atomic E-state index is 5.37. The molecule has 0 fully saturated rings. The van der Waals surface area contributed by atoms with Crippen LogP contribution in [-0.4, -0.2) is 6.54 Å². The summed E-state index contributed by atoms with van der Waals surface area (Å²) in [4.78, 5) is 2.48. The molecule has 0 saturated carbocycles. The van der Waals surface area contributed by atoms with Gasteiger partial charge in [-0.1, -0.05) is 36.9 Å². The third-order valence-corrected chi connectivity index (χ3v) is 4.35. The summed E-state index contributed by atoms with van der Waals surface area (Å²) in [6.07, 6.45) is 2.90. The number of hydrogen-bond acceptors (Lipinski definition) is 3. The molecule has 0 aliphatic rings. The van der Waals surface area contributed by atoms with Gasteiger partial charge in [0.2, 0.25) is 0 Å². The largest absolute Gasteiger partial charge is 0.468 e. The molecule has 1 aromatic heterocycles. The molecule has 0 saturated heterocycles. The van der Waals surface area contributed by atoms with Crippen LogP contribution in [-0.2, 0) is 0 Å². The van der Waals surface area contributed by atoms with Crippen LogP contribution in [0.1, 0.15) is 37.6 Å². The van der Waals surface area contributed by atoms with Crippen LogP contribution in [0.3, 0.4) is 0 Å². The summed E-state index contributed by atoms with van der Waals surface area (Å²) in [7, 11) is 0. The molecule has 1 unspecified atom stereocenters. The van der Waals surface area contributed by atoms with Gasteiger partial charge in [0, 0.05) is 10.9 Å². The van der Waals surface area contributed by atoms with Crippen LogP contribution in [0.4, 0.5) is 0 Å². The zero-order valence-electron chi connectivity index (χ0n) is 11.8. The monoisotopic (exact) mass is 275 g/mol. The summed E-state index contributed by atoms with van der Waals surface area (Å²) in [6.45, 7) is 7.46. The van der Waals surface area contributed by atoms with Crippen molar-refractivity contribution in [1.82, 2.24) is 5.32 Å². The predicted molar refractivity (Wildman–Crippen MR) is 80.7 cm³/mol. The molecule has 0 aliphatic heterocycles. The van der Waals surface area contributed by atoms with Crippen molar-refractivity contribution in [3.05, 3.63) is 47.9 Å². The van der Waals surface area contributed by atoms with Crippen molar-refractivity contribution in [2.45, 2.75) is 43.0 Å². The molecule has 2 nitrogen and oxygen atoms in total. The van der Waals surface area contributed by atoms with Gasteiger partial charge in [0.05, 0.1) is 11.2 Å². The van der Waals surface area contributed by atoms with E-state index in [1.807, 2.05) is 13.0 Å². The SMILES string of the molecule is CCCNC(C)c1ccccc1Sc1ccoc1C. The highest BCUT2D eigenvalue weighted by molar-refractivity contribution is 7.99. The number of rotatable bonds is 6. The molecule has 0 aliphatic carbocycles. The summed E-state index contributed by atoms with van der Waals surface area (Å²) < 4.78 is 5.37. The van der Waals surface area contributed by atoms with E-state index in [0.29, 0.717) is 6.04 Å². The average molecular weight is 275 g/mol. The second-order valence-electron chi connectivity index (χ2n) is 4.66. The van der Waals surface area contributed by atoms with E-state index in [4.69, 9.17) is 4.42 Å². The molecule has 0 spiro atoms. The van der Waals surface area contributed by atoms with Crippen molar-refractivity contribution in [1.29, 1.82) is 0 Å². The summed E-state index contributed by atoms with van der Waals surface area (Å²) in [6, 6.07) is 11.0. The molecule has 19 heavy (non-hydrogen) atoms. The van der Waals surface area contributed by atoms with E-state index < -0.39 is 0 Å². The standard InChI is InChI=1S/C16H21NOS/c1-4-10-17-12(2)14-7-5-6-8-16(14)19-15-9-11-18-13(15)3/h5-9,11-12,17H,4,10H2,1-3H3. The molecule has 102 valence electrons. The Hall–Kier alpha value is -1.19. The fourth-order valence-corrected chi connectivity index (χ4v) is 3.06. The molecule has 3 heteroatoms. The zero-order chi connectivity index (χ0) is 13.7. The Bertz CT molecular complexity index is 521. The van der Waals surface area contributed by atoms with Gasteiger partial charge in [0.15, 0.2) is 0 Å². The van der Waals surface area contributed by atoms with Crippen LogP contribution >= 0.6 is 11.8 Å². The van der Waals surface area contributed by atoms with Crippen LogP contribution in [0.2, 0.25) is 0 Å². The fraction of sp³-hybridized carbons (Fsp3) is 0.375. The molecule has 1 aromatic carbocycles. The third-order valence-electron chi connectivity index (χ3n) is 3.12. The molecular weight excluding hydrogens is 254 g/mol. The first kappa shape index (κ1) is 14.2. The second kappa shape index (κ2) is 6.83. The van der Waals surface area contributed by atoms with Crippen molar-refractivity contribution in [2.75, 3.05) is 6.54 Å². The zero-order valence-corrected chi connectivity index (χ0v) is 12.6. The first-order valence-electron chi connectivity index (χ1n) is 6.76. The van der Waals surface area contributed by atoms with Crippen molar-refractivity contribution < 1.29 is 4.42 Å². The minimum absolute atomic E-state index is 0.371. The fourth-order valence-electron chi connectivity index (χ4n) is 2.00. The number of hydrogen-bond donors (Lipinski definition) is 1. The van der Waals surface area contributed by atoms with Gasteiger partial charge in [-0.05, 0) is 44.5 Å². The van der Waals surface area contributed by atoms with Gasteiger partial charge < -0.3 is 9.73 Å². The topological polar surface area (TPSA) is 25.2 Å². The van der Waals surface area contributed by atoms with Crippen molar-refractivity contribution >= 4 is 11.8 Å². The summed E-state index contributed by atoms with van der Waals surface area (Å²) >= 11 is 1.78. The van der Waals surface area contributed by atoms with Crippen LogP contribution < -0.4 is 5.32 Å². The van der Waals surface area contributed by atoms with E-state index in [2.05, 4.69) is 43.4 Å². The molecule has 1 heterocycles. The maximum absolute atomic E-state index is 5.37. The molecule has 2 aromatic rings. The van der Waals surface area contributed by atoms with Crippen LogP contribution in [0.15, 0.2) is 50.8 Å². The summed E-state index contributed by atoms with van der Waals surface area (Å²) in [5.74, 6) is 0.981. The minimum atomic E-state index is 0.371. The van der Waals surface area contributed by atoms with Crippen LogP contribution in [0, 0.1) is 6.92 Å². The van der Waals surface area contributed by atoms with Gasteiger partial charge in [0.1, 0.15) is 5.76 Å². The van der Waals surface area contributed by atoms with Gasteiger partial charge >= 0.3 is 0 Å². The first-order valence-corrected chi connectivity index (χ1v) is 7.58. The molecule has 0 radical (unpaired) electrons. The predicted octanol–water partition coefficient (Wildman–Crippen LogP) is 4.80. The van der Waals surface area contributed by atoms with Crippen molar-refractivity contribution in [2.24, 2.45) is 0 Å². The van der Waals surface area contributed by atoms with Crippen LogP contribution in [0.25, 0.3) is 0 Å². The average Bonchev–Trinajstić information content (AvgIpc) is 2.82. The molecule has 1 N–H and O–H groups in total. The van der Waals surface area contributed by atoms with E-state index in [0.717, 1.165) is 18.7 Å². The van der Waals surface area contributed by atoms with E-state index in [1.165, 1.54) is 15.4 Å². The number of furan rings is 1. The molecular formula is C16H21NOS. The quantitative estimate of drug-likeness (QED) is 0.819. The van der Waals surface area contributed by atoms with E-state index in [-0.39, 0.29) is 0 Å². The molecule has 0 bridgehead atoms. The Kier molecular flexibility index (Phi) is 5.11. The van der Waals surface area contributed by atoms with Crippen molar-refractivity contribution in [3.63, 3.8) is 0 Å². The number of nitrogens with one attached hydrogen (secondary N) is 1. The number of aryl methyl sites for hydroxylation is 1. The lowest BCUT2D eigenvalue weighted by molar-refractivity contribution is 0.527. The lowest BCUT2D eigenvalue weighted by atomic mass is 10.1. The maximum Gasteiger partial charge on any atom is 0.114 e. The minimum Gasteiger partial charge on any atom is -0.468 e. The first-order chi connectivity index (χ1) is 9.22. The molecule has 0 amide bonds. The van der Waals surface area contributed by atoms with E-state index >= 15 is 0 Å². The number of benzene rings is 1. The summed E-state index contributed by atoms with van der Waals surface area (Å²) in [5, 5.41) is 3.55. The van der Waals surface area contributed by atoms with Gasteiger partial charge in [0.25, 0.3) is 0 Å². The Morgan fingerprint density at radius 3 is 2.68 bits per heavy atom. The smallest absolute Gasteiger partial charge is 0.114 e. The van der Waals surface area contributed by atoms with Gasteiger partial charge in [-0.15, -0.1) is 0 Å². The van der Waals surface area contributed by atoms with Crippen molar-refractivity contribution in [3.8, 4) is 0 Å². The van der Waals surface area contributed by atoms with E-state index in [9.17, 15) is 0 Å². The Morgan fingerprint density at radius 1 is 1.21 bits per heavy atom. The third kappa shape index (κ3) is 3.64. The van der Waals surface area contributed by atoms with Gasteiger partial charge in [-0.2, -0.15) is 0 Å². The lowest BCUT2D eigenvalue weighted by Gasteiger charge is -2.17. The Balaban J connectivity index is 2.18. The summed E-state index contributed by atoms with van der Waals surface area (Å²) in [5.41, 5.74) is 1.35. The molecule has 1 atom stereocenters. The van der Waals surface area contributed by atoms with Gasteiger partial charge in [-0.25, -0.2) is 0 Å². The highest BCUT2D eigenvalue weighted by atomic mass is 32.2. The van der Waals surface area contributed by atoms with Gasteiger partial charge in [-0.3, -0.25) is 0 Å². The van der Waals surface area contributed by atoms with Crippen LogP contribution in [0.5, 0.6) is 0 Å².